The molecule has 1 rings (SSSR count). The van der Waals surface area contributed by atoms with E-state index in [1.807, 2.05) is 0 Å². The van der Waals surface area contributed by atoms with Crippen LogP contribution in [0.5, 0.6) is 0 Å². The van der Waals surface area contributed by atoms with Crippen molar-refractivity contribution < 1.29 is 27.9 Å². The second-order valence-corrected chi connectivity index (χ2v) is 7.73. The summed E-state index contributed by atoms with van der Waals surface area (Å²) in [7, 11) is -3.92. The first kappa shape index (κ1) is 20.1. The number of carbonyl (C=O) groups is 2. The zero-order valence-electron chi connectivity index (χ0n) is 14.3. The lowest BCUT2D eigenvalue weighted by atomic mass is 10.0. The van der Waals surface area contributed by atoms with Crippen LogP contribution in [0.4, 0.5) is 0 Å². The second kappa shape index (κ2) is 7.76. The van der Waals surface area contributed by atoms with E-state index in [-0.39, 0.29) is 29.9 Å². The van der Waals surface area contributed by atoms with Crippen LogP contribution in [0, 0.1) is 6.92 Å². The van der Waals surface area contributed by atoms with Gasteiger partial charge in [-0.15, -0.1) is 0 Å². The highest BCUT2D eigenvalue weighted by molar-refractivity contribution is 7.89. The largest absolute Gasteiger partial charge is 0.481 e. The molecule has 0 aliphatic heterocycles. The number of nitrogens with one attached hydrogen (secondary N) is 1. The van der Waals surface area contributed by atoms with Crippen molar-refractivity contribution in [2.75, 3.05) is 6.61 Å². The number of hydrogen-bond acceptors (Lipinski definition) is 5. The highest BCUT2D eigenvalue weighted by atomic mass is 32.2. The molecule has 2 N–H and O–H groups in total. The molecule has 7 nitrogen and oxygen atoms in total. The van der Waals surface area contributed by atoms with Crippen molar-refractivity contribution in [3.63, 3.8) is 0 Å². The Kier molecular flexibility index (Phi) is 6.50. The summed E-state index contributed by atoms with van der Waals surface area (Å²) in [6.45, 7) is 6.69. The molecule has 1 aromatic carbocycles. The Morgan fingerprint density at radius 2 is 1.92 bits per heavy atom. The molecule has 0 unspecified atom stereocenters. The van der Waals surface area contributed by atoms with Crippen molar-refractivity contribution in [3.05, 3.63) is 29.3 Å². The van der Waals surface area contributed by atoms with Crippen LogP contribution < -0.4 is 4.72 Å². The van der Waals surface area contributed by atoms with Crippen LogP contribution in [-0.4, -0.2) is 37.6 Å². The van der Waals surface area contributed by atoms with Crippen LogP contribution in [0.25, 0.3) is 0 Å². The van der Waals surface area contributed by atoms with Crippen molar-refractivity contribution in [1.82, 2.24) is 4.72 Å². The lowest BCUT2D eigenvalue weighted by Gasteiger charge is -2.25. The average Bonchev–Trinajstić information content (AvgIpc) is 2.44. The van der Waals surface area contributed by atoms with Crippen LogP contribution >= 0.6 is 0 Å². The molecule has 0 atom stereocenters. The van der Waals surface area contributed by atoms with E-state index < -0.39 is 27.5 Å². The van der Waals surface area contributed by atoms with E-state index in [1.165, 1.54) is 18.2 Å². The van der Waals surface area contributed by atoms with Crippen LogP contribution in [0.15, 0.2) is 23.1 Å². The fraction of sp³-hybridized carbons (Fsp3) is 0.500. The molecule has 0 heterocycles. The topological polar surface area (TPSA) is 110 Å². The van der Waals surface area contributed by atoms with Gasteiger partial charge in [0.05, 0.1) is 17.1 Å². The maximum absolute atomic E-state index is 12.6. The molecule has 0 amide bonds. The summed E-state index contributed by atoms with van der Waals surface area (Å²) in [5.74, 6) is -1.60. The first-order valence-corrected chi connectivity index (χ1v) is 9.00. The highest BCUT2D eigenvalue weighted by Crippen LogP contribution is 2.21. The van der Waals surface area contributed by atoms with Crippen LogP contribution in [0.2, 0.25) is 0 Å². The Labute approximate surface area is 142 Å². The summed E-state index contributed by atoms with van der Waals surface area (Å²) in [6.07, 6.45) is -0.0183. The van der Waals surface area contributed by atoms with E-state index in [4.69, 9.17) is 9.84 Å². The number of sulfonamides is 1. The summed E-state index contributed by atoms with van der Waals surface area (Å²) in [4.78, 5) is 22.5. The highest BCUT2D eigenvalue weighted by Gasteiger charge is 2.28. The standard InChI is InChI=1S/C16H23NO6S/c1-5-23-15(20)12-7-6-11(2)13(10-12)24(21,22)17-16(3,4)9-8-14(18)19/h6-7,10,17H,5,8-9H2,1-4H3,(H,18,19). The molecule has 0 aromatic heterocycles. The first-order valence-electron chi connectivity index (χ1n) is 7.52. The summed E-state index contributed by atoms with van der Waals surface area (Å²) >= 11 is 0. The number of aliphatic carboxylic acids is 1. The van der Waals surface area contributed by atoms with E-state index in [9.17, 15) is 18.0 Å². The number of benzene rings is 1. The van der Waals surface area contributed by atoms with Crippen LogP contribution in [0.1, 0.15) is 49.5 Å². The number of rotatable bonds is 8. The SMILES string of the molecule is CCOC(=O)c1ccc(C)c(S(=O)(=O)NC(C)(C)CCC(=O)O)c1. The Hall–Kier alpha value is -1.93. The predicted octanol–water partition coefficient (Wildman–Crippen LogP) is 2.09. The molecular weight excluding hydrogens is 334 g/mol. The van der Waals surface area contributed by atoms with E-state index in [0.29, 0.717) is 5.56 Å². The van der Waals surface area contributed by atoms with Gasteiger partial charge in [-0.25, -0.2) is 17.9 Å². The van der Waals surface area contributed by atoms with Crippen molar-refractivity contribution >= 4 is 22.0 Å². The summed E-state index contributed by atoms with van der Waals surface area (Å²) in [5.41, 5.74) is -0.320. The Bertz CT molecular complexity index is 724. The third-order valence-corrected chi connectivity index (χ3v) is 5.20. The molecule has 0 aliphatic rings. The second-order valence-electron chi connectivity index (χ2n) is 6.08. The van der Waals surface area contributed by atoms with Gasteiger partial charge in [0, 0.05) is 12.0 Å². The lowest BCUT2D eigenvalue weighted by molar-refractivity contribution is -0.137. The number of carbonyl (C=O) groups excluding carboxylic acids is 1. The summed E-state index contributed by atoms with van der Waals surface area (Å²) in [5, 5.41) is 8.76. The fourth-order valence-corrected chi connectivity index (χ4v) is 3.83. The Morgan fingerprint density at radius 1 is 1.29 bits per heavy atom. The van der Waals surface area contributed by atoms with E-state index >= 15 is 0 Å². The van der Waals surface area contributed by atoms with Gasteiger partial charge >= 0.3 is 11.9 Å². The van der Waals surface area contributed by atoms with E-state index in [1.54, 1.807) is 27.7 Å². The minimum absolute atomic E-state index is 0.0311. The zero-order valence-corrected chi connectivity index (χ0v) is 15.1. The smallest absolute Gasteiger partial charge is 0.338 e. The normalized spacial score (nSPS) is 12.0. The average molecular weight is 357 g/mol. The molecule has 0 bridgehead atoms. The predicted molar refractivity (Wildman–Crippen MR) is 88.4 cm³/mol. The minimum Gasteiger partial charge on any atom is -0.481 e. The molecular formula is C16H23NO6S. The zero-order chi connectivity index (χ0) is 18.5. The molecule has 0 radical (unpaired) electrons. The van der Waals surface area contributed by atoms with E-state index in [2.05, 4.69) is 4.72 Å². The van der Waals surface area contributed by atoms with Crippen molar-refractivity contribution in [1.29, 1.82) is 0 Å². The molecule has 24 heavy (non-hydrogen) atoms. The van der Waals surface area contributed by atoms with Gasteiger partial charge in [-0.05, 0) is 51.8 Å². The molecule has 0 spiro atoms. The van der Waals surface area contributed by atoms with Crippen molar-refractivity contribution in [3.8, 4) is 0 Å². The maximum Gasteiger partial charge on any atom is 0.338 e. The number of carboxylic acids is 1. The number of hydrogen-bond donors (Lipinski definition) is 2. The van der Waals surface area contributed by atoms with Crippen LogP contribution in [0.3, 0.4) is 0 Å². The molecule has 0 fully saturated rings. The van der Waals surface area contributed by atoms with Gasteiger partial charge in [0.25, 0.3) is 0 Å². The molecule has 0 aliphatic carbocycles. The summed E-state index contributed by atoms with van der Waals surface area (Å²) in [6, 6.07) is 4.30. The first-order chi connectivity index (χ1) is 11.0. The van der Waals surface area contributed by atoms with Gasteiger partial charge in [-0.1, -0.05) is 6.07 Å². The quantitative estimate of drug-likeness (QED) is 0.690. The van der Waals surface area contributed by atoms with Crippen molar-refractivity contribution in [2.24, 2.45) is 0 Å². The molecule has 0 saturated heterocycles. The lowest BCUT2D eigenvalue weighted by Crippen LogP contribution is -2.43. The third kappa shape index (κ3) is 5.61. The summed E-state index contributed by atoms with van der Waals surface area (Å²) < 4.78 is 32.7. The molecule has 8 heteroatoms. The maximum atomic E-state index is 12.6. The number of ether oxygens (including phenoxy) is 1. The van der Waals surface area contributed by atoms with Crippen molar-refractivity contribution in [2.45, 2.75) is 51.0 Å². The van der Waals surface area contributed by atoms with Gasteiger partial charge in [0.1, 0.15) is 0 Å². The number of aryl methyl sites for hydroxylation is 1. The Morgan fingerprint density at radius 3 is 2.46 bits per heavy atom. The van der Waals surface area contributed by atoms with Gasteiger partial charge < -0.3 is 9.84 Å². The fourth-order valence-electron chi connectivity index (χ4n) is 2.12. The third-order valence-electron chi connectivity index (χ3n) is 3.36. The van der Waals surface area contributed by atoms with Gasteiger partial charge in [-0.3, -0.25) is 4.79 Å². The number of esters is 1. The Balaban J connectivity index is 3.11. The number of carboxylic acid groups (broad SMARTS) is 1. The van der Waals surface area contributed by atoms with E-state index in [0.717, 1.165) is 0 Å². The van der Waals surface area contributed by atoms with Gasteiger partial charge in [0.2, 0.25) is 10.0 Å². The molecule has 1 aromatic rings. The van der Waals surface area contributed by atoms with Gasteiger partial charge in [0.15, 0.2) is 0 Å². The molecule has 134 valence electrons. The van der Waals surface area contributed by atoms with Gasteiger partial charge in [-0.2, -0.15) is 0 Å². The van der Waals surface area contributed by atoms with Crippen LogP contribution in [-0.2, 0) is 19.6 Å². The molecule has 0 saturated carbocycles. The minimum atomic E-state index is -3.92. The monoisotopic (exact) mass is 357 g/mol.